The first kappa shape index (κ1) is 13.2. The smallest absolute Gasteiger partial charge is 0.0781 e. The molecule has 0 radical (unpaired) electrons. The molecule has 0 unspecified atom stereocenters. The minimum Gasteiger partial charge on any atom is -0.240 e. The monoisotopic (exact) mass is 229 g/mol. The molecule has 0 amide bonds. The zero-order valence-electron chi connectivity index (χ0n) is 11.2. The summed E-state index contributed by atoms with van der Waals surface area (Å²) in [4.78, 5) is 0. The lowest BCUT2D eigenvalue weighted by molar-refractivity contribution is 0.677. The molecular formula is C14H19N3. The fourth-order valence-corrected chi connectivity index (χ4v) is 1.55. The Morgan fingerprint density at radius 1 is 1.29 bits per heavy atom. The molecule has 90 valence electrons. The van der Waals surface area contributed by atoms with Crippen LogP contribution in [0.5, 0.6) is 0 Å². The Kier molecular flexibility index (Phi) is 3.90. The van der Waals surface area contributed by atoms with Gasteiger partial charge in [0.25, 0.3) is 0 Å². The van der Waals surface area contributed by atoms with E-state index in [9.17, 15) is 0 Å². The van der Waals surface area contributed by atoms with Crippen LogP contribution in [0.3, 0.4) is 0 Å². The molecule has 0 bridgehead atoms. The van der Waals surface area contributed by atoms with Crippen LogP contribution in [0.4, 0.5) is 0 Å². The Morgan fingerprint density at radius 2 is 1.94 bits per heavy atom. The van der Waals surface area contributed by atoms with Crippen molar-refractivity contribution < 1.29 is 0 Å². The molecule has 3 nitrogen and oxygen atoms in total. The summed E-state index contributed by atoms with van der Waals surface area (Å²) < 4.78 is 1.82. The number of nitrogens with zero attached hydrogens (tertiary/aromatic N) is 3. The van der Waals surface area contributed by atoms with Crippen LogP contribution >= 0.6 is 0 Å². The van der Waals surface area contributed by atoms with E-state index in [0.717, 1.165) is 16.6 Å². The van der Waals surface area contributed by atoms with Crippen molar-refractivity contribution in [1.82, 2.24) is 9.61 Å². The number of aromatic nitrogens is 2. The summed E-state index contributed by atoms with van der Waals surface area (Å²) in [7, 11) is 0. The van der Waals surface area contributed by atoms with E-state index in [2.05, 4.69) is 11.2 Å². The first-order valence-corrected chi connectivity index (χ1v) is 5.90. The van der Waals surface area contributed by atoms with E-state index in [-0.39, 0.29) is 0 Å². The molecule has 0 fully saturated rings. The molecule has 2 rings (SSSR count). The molecule has 0 aliphatic rings. The van der Waals surface area contributed by atoms with Gasteiger partial charge in [0.15, 0.2) is 0 Å². The van der Waals surface area contributed by atoms with Crippen LogP contribution in [0.2, 0.25) is 0 Å². The largest absolute Gasteiger partial charge is 0.240 e. The van der Waals surface area contributed by atoms with Gasteiger partial charge in [-0.15, -0.1) is 0 Å². The van der Waals surface area contributed by atoms with Crippen molar-refractivity contribution in [3.8, 4) is 6.07 Å². The van der Waals surface area contributed by atoms with Gasteiger partial charge in [0.05, 0.1) is 23.2 Å². The van der Waals surface area contributed by atoms with Crippen LogP contribution in [0.25, 0.3) is 5.52 Å². The third-order valence-corrected chi connectivity index (χ3v) is 2.71. The fraction of sp³-hybridized carbons (Fsp3) is 0.429. The second kappa shape index (κ2) is 5.01. The van der Waals surface area contributed by atoms with Crippen LogP contribution in [0, 0.1) is 18.3 Å². The molecule has 0 saturated heterocycles. The van der Waals surface area contributed by atoms with E-state index in [1.165, 1.54) is 0 Å². The van der Waals surface area contributed by atoms with E-state index in [1.807, 2.05) is 63.7 Å². The summed E-state index contributed by atoms with van der Waals surface area (Å²) in [5.74, 6) is 0. The van der Waals surface area contributed by atoms with Gasteiger partial charge >= 0.3 is 0 Å². The number of pyridine rings is 1. The first-order valence-electron chi connectivity index (χ1n) is 5.90. The van der Waals surface area contributed by atoms with Crippen molar-refractivity contribution in [1.29, 1.82) is 5.26 Å². The zero-order chi connectivity index (χ0) is 13.1. The quantitative estimate of drug-likeness (QED) is 0.751. The maximum atomic E-state index is 9.05. The number of rotatable bonds is 1. The van der Waals surface area contributed by atoms with Crippen molar-refractivity contribution in [2.45, 2.75) is 40.0 Å². The van der Waals surface area contributed by atoms with Crippen LogP contribution < -0.4 is 0 Å². The standard InChI is InChI=1S/C12H13N3.C2H6/c1-9-6-14-15-7-10(4-5-11(9)15)12(2,3)8-13;1-2/h4-7H,1-3H3;1-2H3. The van der Waals surface area contributed by atoms with E-state index < -0.39 is 5.41 Å². The van der Waals surface area contributed by atoms with Crippen molar-refractivity contribution in [3.63, 3.8) is 0 Å². The molecule has 0 N–H and O–H groups in total. The van der Waals surface area contributed by atoms with Gasteiger partial charge in [-0.2, -0.15) is 10.4 Å². The zero-order valence-corrected chi connectivity index (χ0v) is 11.2. The van der Waals surface area contributed by atoms with Gasteiger partial charge in [-0.25, -0.2) is 4.52 Å². The Bertz CT molecular complexity index is 544. The number of hydrogen-bond acceptors (Lipinski definition) is 2. The molecule has 17 heavy (non-hydrogen) atoms. The van der Waals surface area contributed by atoms with E-state index >= 15 is 0 Å². The highest BCUT2D eigenvalue weighted by Crippen LogP contribution is 2.23. The number of hydrogen-bond donors (Lipinski definition) is 0. The predicted octanol–water partition coefficient (Wildman–Crippen LogP) is 3.47. The van der Waals surface area contributed by atoms with Crippen molar-refractivity contribution in [2.75, 3.05) is 0 Å². The van der Waals surface area contributed by atoms with Crippen molar-refractivity contribution >= 4 is 5.52 Å². The fourth-order valence-electron chi connectivity index (χ4n) is 1.55. The molecule has 0 aromatic carbocycles. The van der Waals surface area contributed by atoms with Crippen LogP contribution in [-0.4, -0.2) is 9.61 Å². The van der Waals surface area contributed by atoms with Crippen LogP contribution in [0.15, 0.2) is 24.5 Å². The minimum atomic E-state index is -0.464. The molecule has 0 saturated carbocycles. The van der Waals surface area contributed by atoms with Crippen molar-refractivity contribution in [2.24, 2.45) is 0 Å². The van der Waals surface area contributed by atoms with E-state index in [4.69, 9.17) is 5.26 Å². The van der Waals surface area contributed by atoms with Gasteiger partial charge in [-0.3, -0.25) is 0 Å². The highest BCUT2D eigenvalue weighted by molar-refractivity contribution is 5.54. The van der Waals surface area contributed by atoms with Gasteiger partial charge in [-0.1, -0.05) is 19.9 Å². The van der Waals surface area contributed by atoms with Gasteiger partial charge < -0.3 is 0 Å². The minimum absolute atomic E-state index is 0.464. The lowest BCUT2D eigenvalue weighted by Gasteiger charge is -2.15. The van der Waals surface area contributed by atoms with E-state index in [0.29, 0.717) is 0 Å². The molecule has 0 aliphatic heterocycles. The summed E-state index contributed by atoms with van der Waals surface area (Å²) in [6.07, 6.45) is 3.75. The van der Waals surface area contributed by atoms with Crippen LogP contribution in [-0.2, 0) is 5.41 Å². The van der Waals surface area contributed by atoms with Gasteiger partial charge in [0.1, 0.15) is 0 Å². The predicted molar refractivity (Wildman–Crippen MR) is 69.9 cm³/mol. The Labute approximate surface area is 103 Å². The molecular weight excluding hydrogens is 210 g/mol. The number of fused-ring (bicyclic) bond motifs is 1. The van der Waals surface area contributed by atoms with E-state index in [1.54, 1.807) is 0 Å². The summed E-state index contributed by atoms with van der Waals surface area (Å²) in [6, 6.07) is 6.29. The molecule has 0 aliphatic carbocycles. The molecule has 0 atom stereocenters. The lowest BCUT2D eigenvalue weighted by Crippen LogP contribution is -2.14. The molecule has 0 spiro atoms. The maximum absolute atomic E-state index is 9.05. The summed E-state index contributed by atoms with van der Waals surface area (Å²) in [5, 5.41) is 13.3. The summed E-state index contributed by atoms with van der Waals surface area (Å²) in [5.41, 5.74) is 2.76. The molecule has 3 heteroatoms. The average molecular weight is 229 g/mol. The molecule has 2 heterocycles. The molecule has 2 aromatic heterocycles. The Balaban J connectivity index is 0.000000686. The van der Waals surface area contributed by atoms with Gasteiger partial charge in [-0.05, 0) is 38.0 Å². The summed E-state index contributed by atoms with van der Waals surface area (Å²) >= 11 is 0. The number of aryl methyl sites for hydroxylation is 1. The third kappa shape index (κ3) is 2.47. The average Bonchev–Trinajstić information content (AvgIpc) is 2.73. The summed E-state index contributed by atoms with van der Waals surface area (Å²) in [6.45, 7) is 9.84. The normalized spacial score (nSPS) is 10.6. The topological polar surface area (TPSA) is 41.1 Å². The Morgan fingerprint density at radius 3 is 2.53 bits per heavy atom. The number of nitriles is 1. The van der Waals surface area contributed by atoms with Gasteiger partial charge in [0.2, 0.25) is 0 Å². The third-order valence-electron chi connectivity index (χ3n) is 2.71. The maximum Gasteiger partial charge on any atom is 0.0781 e. The van der Waals surface area contributed by atoms with Crippen LogP contribution in [0.1, 0.15) is 38.8 Å². The second-order valence-corrected chi connectivity index (χ2v) is 4.31. The SMILES string of the molecule is CC.Cc1cnn2cc(C(C)(C)C#N)ccc12. The van der Waals surface area contributed by atoms with Gasteiger partial charge in [0, 0.05) is 6.20 Å². The first-order chi connectivity index (χ1) is 8.04. The highest BCUT2D eigenvalue weighted by atomic mass is 15.2. The Hall–Kier alpha value is -1.82. The van der Waals surface area contributed by atoms with Crippen molar-refractivity contribution in [3.05, 3.63) is 35.7 Å². The second-order valence-electron chi connectivity index (χ2n) is 4.31. The highest BCUT2D eigenvalue weighted by Gasteiger charge is 2.20. The lowest BCUT2D eigenvalue weighted by atomic mass is 9.87. The molecule has 2 aromatic rings.